The molecule has 0 aliphatic carbocycles. The van der Waals surface area contributed by atoms with E-state index < -0.39 is 17.7 Å². The molecule has 0 radical (unpaired) electrons. The van der Waals surface area contributed by atoms with Gasteiger partial charge in [0.2, 0.25) is 0 Å². The van der Waals surface area contributed by atoms with Gasteiger partial charge < -0.3 is 4.74 Å². The molecular formula is C18H16FNO4. The van der Waals surface area contributed by atoms with Crippen molar-refractivity contribution in [1.82, 2.24) is 0 Å². The van der Waals surface area contributed by atoms with Crippen molar-refractivity contribution in [1.29, 1.82) is 0 Å². The molecule has 0 bridgehead atoms. The molecule has 24 heavy (non-hydrogen) atoms. The van der Waals surface area contributed by atoms with Gasteiger partial charge in [0, 0.05) is 17.7 Å². The number of carbonyl (C=O) groups is 3. The number of amides is 1. The van der Waals surface area contributed by atoms with Crippen molar-refractivity contribution in [3.8, 4) is 0 Å². The molecule has 0 fully saturated rings. The van der Waals surface area contributed by atoms with Gasteiger partial charge in [-0.3, -0.25) is 14.5 Å². The van der Waals surface area contributed by atoms with Gasteiger partial charge in [0.1, 0.15) is 5.82 Å². The fraction of sp³-hybridized carbons (Fsp3) is 0.167. The number of halogens is 1. The van der Waals surface area contributed by atoms with Crippen LogP contribution in [0.25, 0.3) is 0 Å². The predicted octanol–water partition coefficient (Wildman–Crippen LogP) is 3.26. The van der Waals surface area contributed by atoms with Crippen LogP contribution in [-0.4, -0.2) is 24.8 Å². The molecule has 124 valence electrons. The van der Waals surface area contributed by atoms with Gasteiger partial charge in [-0.15, -0.1) is 0 Å². The highest BCUT2D eigenvalue weighted by Crippen LogP contribution is 2.30. The second-order valence-electron chi connectivity index (χ2n) is 4.91. The summed E-state index contributed by atoms with van der Waals surface area (Å²) in [6, 6.07) is 11.7. The van der Waals surface area contributed by atoms with Gasteiger partial charge in [0.15, 0.2) is 5.78 Å². The molecule has 2 rings (SSSR count). The normalized spacial score (nSPS) is 10.1. The molecule has 0 unspecified atom stereocenters. The smallest absolute Gasteiger partial charge is 0.397 e. The third-order valence-corrected chi connectivity index (χ3v) is 3.40. The maximum absolute atomic E-state index is 13.8. The van der Waals surface area contributed by atoms with Gasteiger partial charge in [0.05, 0.1) is 12.8 Å². The molecule has 0 saturated carbocycles. The van der Waals surface area contributed by atoms with Crippen molar-refractivity contribution in [2.24, 2.45) is 0 Å². The largest absolute Gasteiger partial charge is 0.462 e. The molecule has 0 saturated heterocycles. The maximum Gasteiger partial charge on any atom is 0.397 e. The van der Waals surface area contributed by atoms with Crippen molar-refractivity contribution in [2.45, 2.75) is 13.3 Å². The van der Waals surface area contributed by atoms with Crippen molar-refractivity contribution < 1.29 is 23.5 Å². The van der Waals surface area contributed by atoms with Crippen molar-refractivity contribution >= 4 is 29.0 Å². The Bertz CT molecular complexity index is 774. The third-order valence-electron chi connectivity index (χ3n) is 3.40. The van der Waals surface area contributed by atoms with Crippen LogP contribution in [0.15, 0.2) is 48.5 Å². The number of Topliss-reactive ketones (excluding diaryl/α,β-unsaturated/α-hetero) is 1. The zero-order chi connectivity index (χ0) is 17.7. The zero-order valence-electron chi connectivity index (χ0n) is 13.3. The van der Waals surface area contributed by atoms with Gasteiger partial charge in [-0.2, -0.15) is 0 Å². The van der Waals surface area contributed by atoms with Gasteiger partial charge in [-0.1, -0.05) is 25.1 Å². The Kier molecular flexibility index (Phi) is 5.42. The third kappa shape index (κ3) is 3.48. The number of hydrogen-bond donors (Lipinski definition) is 0. The molecule has 0 aliphatic rings. The summed E-state index contributed by atoms with van der Waals surface area (Å²) in [7, 11) is 1.08. The lowest BCUT2D eigenvalue weighted by atomic mass is 10.0. The lowest BCUT2D eigenvalue weighted by Crippen LogP contribution is -2.34. The number of ether oxygens (including phenoxy) is 1. The Morgan fingerprint density at radius 1 is 1.08 bits per heavy atom. The number of nitrogens with zero attached hydrogens (tertiary/aromatic N) is 1. The van der Waals surface area contributed by atoms with Crippen LogP contribution in [0.4, 0.5) is 15.8 Å². The maximum atomic E-state index is 13.8. The SMILES string of the molecule is CCC(=O)c1ccc(F)cc1N(C(=O)C(=O)OC)c1ccccc1. The highest BCUT2D eigenvalue weighted by Gasteiger charge is 2.29. The molecule has 0 aliphatic heterocycles. The molecule has 6 heteroatoms. The van der Waals surface area contributed by atoms with E-state index in [9.17, 15) is 18.8 Å². The van der Waals surface area contributed by atoms with Crippen molar-refractivity contribution in [2.75, 3.05) is 12.0 Å². The quantitative estimate of drug-likeness (QED) is 0.491. The van der Waals surface area contributed by atoms with Crippen LogP contribution in [0.3, 0.4) is 0 Å². The van der Waals surface area contributed by atoms with E-state index >= 15 is 0 Å². The Labute approximate surface area is 138 Å². The fourth-order valence-electron chi connectivity index (χ4n) is 2.24. The number of rotatable bonds is 4. The lowest BCUT2D eigenvalue weighted by Gasteiger charge is -2.24. The van der Waals surface area contributed by atoms with E-state index in [1.807, 2.05) is 0 Å². The Morgan fingerprint density at radius 3 is 2.33 bits per heavy atom. The van der Waals surface area contributed by atoms with E-state index in [4.69, 9.17) is 0 Å². The Balaban J connectivity index is 2.68. The second kappa shape index (κ2) is 7.50. The summed E-state index contributed by atoms with van der Waals surface area (Å²) in [6.45, 7) is 1.66. The molecule has 1 amide bonds. The molecule has 2 aromatic carbocycles. The van der Waals surface area contributed by atoms with E-state index in [1.54, 1.807) is 37.3 Å². The topological polar surface area (TPSA) is 63.7 Å². The van der Waals surface area contributed by atoms with Crippen molar-refractivity contribution in [3.63, 3.8) is 0 Å². The monoisotopic (exact) mass is 329 g/mol. The minimum atomic E-state index is -1.11. The van der Waals surface area contributed by atoms with Crippen LogP contribution in [0.5, 0.6) is 0 Å². The number of anilines is 2. The molecule has 0 N–H and O–H groups in total. The summed E-state index contributed by atoms with van der Waals surface area (Å²) in [5.74, 6) is -3.03. The molecule has 0 aromatic heterocycles. The molecule has 2 aromatic rings. The number of carbonyl (C=O) groups excluding carboxylic acids is 3. The standard InChI is InChI=1S/C18H16FNO4/c1-3-16(21)14-10-9-12(19)11-15(14)20(17(22)18(23)24-2)13-7-5-4-6-8-13/h4-11H,3H2,1-2H3. The Morgan fingerprint density at radius 2 is 1.75 bits per heavy atom. The average Bonchev–Trinajstić information content (AvgIpc) is 2.61. The molecular weight excluding hydrogens is 313 g/mol. The summed E-state index contributed by atoms with van der Waals surface area (Å²) >= 11 is 0. The van der Waals surface area contributed by atoms with Crippen LogP contribution in [0.2, 0.25) is 0 Å². The first-order valence-electron chi connectivity index (χ1n) is 7.29. The van der Waals surface area contributed by atoms with Gasteiger partial charge in [-0.25, -0.2) is 9.18 Å². The summed E-state index contributed by atoms with van der Waals surface area (Å²) < 4.78 is 18.3. The van der Waals surface area contributed by atoms with E-state index in [0.717, 1.165) is 24.1 Å². The van der Waals surface area contributed by atoms with E-state index in [1.165, 1.54) is 6.07 Å². The van der Waals surface area contributed by atoms with Crippen LogP contribution in [0, 0.1) is 5.82 Å². The number of methoxy groups -OCH3 is 1. The first-order chi connectivity index (χ1) is 11.5. The fourth-order valence-corrected chi connectivity index (χ4v) is 2.24. The van der Waals surface area contributed by atoms with Crippen LogP contribution in [-0.2, 0) is 14.3 Å². The van der Waals surface area contributed by atoms with Gasteiger partial charge >= 0.3 is 11.9 Å². The average molecular weight is 329 g/mol. The Hall–Kier alpha value is -3.02. The van der Waals surface area contributed by atoms with Crippen LogP contribution >= 0.6 is 0 Å². The number of esters is 1. The minimum absolute atomic E-state index is 0.00319. The summed E-state index contributed by atoms with van der Waals surface area (Å²) in [5.41, 5.74) is 0.479. The minimum Gasteiger partial charge on any atom is -0.462 e. The first kappa shape index (κ1) is 17.3. The second-order valence-corrected chi connectivity index (χ2v) is 4.91. The number of ketones is 1. The van der Waals surface area contributed by atoms with Crippen LogP contribution in [0.1, 0.15) is 23.7 Å². The lowest BCUT2D eigenvalue weighted by molar-refractivity contribution is -0.151. The summed E-state index contributed by atoms with van der Waals surface area (Å²) in [6.07, 6.45) is 0.174. The number of para-hydroxylation sites is 1. The van der Waals surface area contributed by atoms with Crippen molar-refractivity contribution in [3.05, 3.63) is 59.9 Å². The molecule has 0 atom stereocenters. The van der Waals surface area contributed by atoms with E-state index in [-0.39, 0.29) is 23.5 Å². The van der Waals surface area contributed by atoms with Crippen LogP contribution < -0.4 is 4.90 Å². The predicted molar refractivity (Wildman–Crippen MR) is 86.6 cm³/mol. The molecule has 5 nitrogen and oxygen atoms in total. The zero-order valence-corrected chi connectivity index (χ0v) is 13.3. The highest BCUT2D eigenvalue weighted by molar-refractivity contribution is 6.40. The summed E-state index contributed by atoms with van der Waals surface area (Å²) in [5, 5.41) is 0. The highest BCUT2D eigenvalue weighted by atomic mass is 19.1. The number of benzene rings is 2. The van der Waals surface area contributed by atoms with E-state index in [0.29, 0.717) is 5.69 Å². The van der Waals surface area contributed by atoms with Gasteiger partial charge in [-0.05, 0) is 30.3 Å². The number of hydrogen-bond acceptors (Lipinski definition) is 4. The molecule has 0 heterocycles. The van der Waals surface area contributed by atoms with E-state index in [2.05, 4.69) is 4.74 Å². The van der Waals surface area contributed by atoms with Gasteiger partial charge in [0.25, 0.3) is 0 Å². The first-order valence-corrected chi connectivity index (χ1v) is 7.29. The summed E-state index contributed by atoms with van der Waals surface area (Å²) in [4.78, 5) is 37.4. The molecule has 0 spiro atoms.